The summed E-state index contributed by atoms with van der Waals surface area (Å²) in [6, 6.07) is 10.6. The topological polar surface area (TPSA) is 20.2 Å². The molecule has 100 valence electrons. The van der Waals surface area contributed by atoms with Crippen molar-refractivity contribution in [3.05, 3.63) is 35.9 Å². The lowest BCUT2D eigenvalue weighted by Gasteiger charge is -2.33. The number of benzene rings is 1. The quantitative estimate of drug-likeness (QED) is 0.612. The number of hydrogen-bond donors (Lipinski definition) is 1. The number of halogens is 1. The number of aliphatic hydroxyl groups excluding tert-OH is 1. The van der Waals surface area contributed by atoms with E-state index in [-0.39, 0.29) is 11.5 Å². The summed E-state index contributed by atoms with van der Waals surface area (Å²) in [7, 11) is 0. The van der Waals surface area contributed by atoms with Gasteiger partial charge in [0.2, 0.25) is 0 Å². The lowest BCUT2D eigenvalue weighted by molar-refractivity contribution is 0.0439. The molecule has 0 spiro atoms. The maximum Gasteiger partial charge on any atom is 0.0599 e. The van der Waals surface area contributed by atoms with Gasteiger partial charge in [-0.15, -0.1) is 0 Å². The molecule has 1 aliphatic rings. The molecular formula is C16H23BrO. The zero-order valence-corrected chi connectivity index (χ0v) is 12.5. The van der Waals surface area contributed by atoms with Crippen molar-refractivity contribution in [3.63, 3.8) is 0 Å². The second-order valence-electron chi connectivity index (χ2n) is 5.58. The van der Waals surface area contributed by atoms with Gasteiger partial charge in [0.15, 0.2) is 0 Å². The Morgan fingerprint density at radius 3 is 2.61 bits per heavy atom. The van der Waals surface area contributed by atoms with E-state index in [4.69, 9.17) is 0 Å². The van der Waals surface area contributed by atoms with E-state index in [1.165, 1.54) is 31.2 Å². The molecule has 0 bridgehead atoms. The Balaban J connectivity index is 2.05. The molecule has 0 heterocycles. The molecular weight excluding hydrogens is 288 g/mol. The summed E-state index contributed by atoms with van der Waals surface area (Å²) in [5.74, 6) is 0. The van der Waals surface area contributed by atoms with Gasteiger partial charge in [-0.1, -0.05) is 59.1 Å². The molecule has 1 N–H and O–H groups in total. The third-order valence-electron chi connectivity index (χ3n) is 4.32. The molecule has 2 heteroatoms. The molecule has 1 aliphatic carbocycles. The molecule has 1 aromatic carbocycles. The molecule has 0 radical (unpaired) electrons. The normalized spacial score (nSPS) is 27.6. The van der Waals surface area contributed by atoms with Crippen molar-refractivity contribution < 1.29 is 5.11 Å². The minimum Gasteiger partial charge on any atom is -0.393 e. The predicted molar refractivity (Wildman–Crippen MR) is 80.1 cm³/mol. The van der Waals surface area contributed by atoms with Crippen LogP contribution in [0.5, 0.6) is 0 Å². The fourth-order valence-electron chi connectivity index (χ4n) is 3.28. The average Bonchev–Trinajstić information content (AvgIpc) is 2.73. The summed E-state index contributed by atoms with van der Waals surface area (Å²) in [4.78, 5) is 0. The van der Waals surface area contributed by atoms with Gasteiger partial charge in [-0.05, 0) is 37.7 Å². The molecule has 0 aromatic heterocycles. The number of rotatable bonds is 6. The molecule has 1 fully saturated rings. The van der Waals surface area contributed by atoms with Crippen LogP contribution in [0.1, 0.15) is 44.1 Å². The van der Waals surface area contributed by atoms with Crippen LogP contribution >= 0.6 is 15.9 Å². The van der Waals surface area contributed by atoms with Gasteiger partial charge in [-0.2, -0.15) is 0 Å². The van der Waals surface area contributed by atoms with Crippen molar-refractivity contribution in [2.45, 2.75) is 51.0 Å². The average molecular weight is 311 g/mol. The number of hydrogen-bond acceptors (Lipinski definition) is 1. The van der Waals surface area contributed by atoms with Crippen LogP contribution in [0.2, 0.25) is 0 Å². The summed E-state index contributed by atoms with van der Waals surface area (Å²) < 4.78 is 0. The van der Waals surface area contributed by atoms with Crippen LogP contribution in [-0.4, -0.2) is 16.5 Å². The van der Waals surface area contributed by atoms with Gasteiger partial charge >= 0.3 is 0 Å². The van der Waals surface area contributed by atoms with Gasteiger partial charge in [0.05, 0.1) is 6.10 Å². The third-order valence-corrected chi connectivity index (χ3v) is 4.88. The first-order chi connectivity index (χ1) is 8.77. The Kier molecular flexibility index (Phi) is 5.25. The molecule has 2 unspecified atom stereocenters. The van der Waals surface area contributed by atoms with E-state index in [9.17, 15) is 5.11 Å². The SMILES string of the molecule is OC1CCCC1(CCCCBr)Cc1ccccc1. The van der Waals surface area contributed by atoms with Crippen molar-refractivity contribution >= 4 is 15.9 Å². The molecule has 2 rings (SSSR count). The maximum atomic E-state index is 10.4. The second kappa shape index (κ2) is 6.72. The van der Waals surface area contributed by atoms with Crippen LogP contribution in [0, 0.1) is 5.41 Å². The van der Waals surface area contributed by atoms with Crippen molar-refractivity contribution in [2.24, 2.45) is 5.41 Å². The van der Waals surface area contributed by atoms with E-state index in [0.717, 1.165) is 24.6 Å². The summed E-state index contributed by atoms with van der Waals surface area (Å²) >= 11 is 3.50. The van der Waals surface area contributed by atoms with Gasteiger partial charge in [-0.25, -0.2) is 0 Å². The Morgan fingerprint density at radius 2 is 2.00 bits per heavy atom. The molecule has 0 aliphatic heterocycles. The Hall–Kier alpha value is -0.340. The van der Waals surface area contributed by atoms with Crippen LogP contribution in [-0.2, 0) is 6.42 Å². The molecule has 2 atom stereocenters. The smallest absolute Gasteiger partial charge is 0.0599 e. The van der Waals surface area contributed by atoms with Crippen molar-refractivity contribution in [3.8, 4) is 0 Å². The van der Waals surface area contributed by atoms with Gasteiger partial charge < -0.3 is 5.11 Å². The Bertz CT molecular complexity index is 351. The van der Waals surface area contributed by atoms with E-state index >= 15 is 0 Å². The maximum absolute atomic E-state index is 10.4. The predicted octanol–water partition coefficient (Wildman–Crippen LogP) is 4.33. The van der Waals surface area contributed by atoms with Crippen LogP contribution in [0.4, 0.5) is 0 Å². The molecule has 1 aromatic rings. The highest BCUT2D eigenvalue weighted by atomic mass is 79.9. The standard InChI is InChI=1S/C16H23BrO/c17-12-5-4-10-16(11-6-9-15(16)18)13-14-7-2-1-3-8-14/h1-3,7-8,15,18H,4-6,9-13H2. The fourth-order valence-corrected chi connectivity index (χ4v) is 3.68. The Morgan fingerprint density at radius 1 is 1.22 bits per heavy atom. The number of alkyl halides is 1. The number of unbranched alkanes of at least 4 members (excludes halogenated alkanes) is 1. The zero-order chi connectivity index (χ0) is 12.8. The van der Waals surface area contributed by atoms with E-state index in [0.29, 0.717) is 0 Å². The van der Waals surface area contributed by atoms with Crippen molar-refractivity contribution in [1.82, 2.24) is 0 Å². The van der Waals surface area contributed by atoms with Crippen molar-refractivity contribution in [2.75, 3.05) is 5.33 Å². The van der Waals surface area contributed by atoms with Gasteiger partial charge in [-0.3, -0.25) is 0 Å². The minimum atomic E-state index is -0.104. The summed E-state index contributed by atoms with van der Waals surface area (Å²) in [6.07, 6.45) is 7.88. The van der Waals surface area contributed by atoms with Crippen LogP contribution in [0.3, 0.4) is 0 Å². The van der Waals surface area contributed by atoms with Crippen LogP contribution < -0.4 is 0 Å². The van der Waals surface area contributed by atoms with Crippen LogP contribution in [0.15, 0.2) is 30.3 Å². The molecule has 18 heavy (non-hydrogen) atoms. The molecule has 0 saturated heterocycles. The minimum absolute atomic E-state index is 0.104. The highest BCUT2D eigenvalue weighted by Gasteiger charge is 2.41. The number of aliphatic hydroxyl groups is 1. The van der Waals surface area contributed by atoms with Gasteiger partial charge in [0, 0.05) is 10.7 Å². The zero-order valence-electron chi connectivity index (χ0n) is 10.9. The van der Waals surface area contributed by atoms with E-state index < -0.39 is 0 Å². The summed E-state index contributed by atoms with van der Waals surface area (Å²) in [6.45, 7) is 0. The summed E-state index contributed by atoms with van der Waals surface area (Å²) in [5, 5.41) is 11.5. The highest BCUT2D eigenvalue weighted by Crippen LogP contribution is 2.45. The molecule has 0 amide bonds. The largest absolute Gasteiger partial charge is 0.393 e. The monoisotopic (exact) mass is 310 g/mol. The molecule has 1 saturated carbocycles. The Labute approximate surface area is 119 Å². The second-order valence-corrected chi connectivity index (χ2v) is 6.37. The highest BCUT2D eigenvalue weighted by molar-refractivity contribution is 9.09. The van der Waals surface area contributed by atoms with E-state index in [1.807, 2.05) is 0 Å². The van der Waals surface area contributed by atoms with Crippen molar-refractivity contribution in [1.29, 1.82) is 0 Å². The van der Waals surface area contributed by atoms with E-state index in [2.05, 4.69) is 46.3 Å². The van der Waals surface area contributed by atoms with Gasteiger partial charge in [0.25, 0.3) is 0 Å². The lowest BCUT2D eigenvalue weighted by atomic mass is 9.74. The first-order valence-corrected chi connectivity index (χ1v) is 8.17. The fraction of sp³-hybridized carbons (Fsp3) is 0.625. The van der Waals surface area contributed by atoms with E-state index in [1.54, 1.807) is 0 Å². The van der Waals surface area contributed by atoms with Gasteiger partial charge in [0.1, 0.15) is 0 Å². The third kappa shape index (κ3) is 3.36. The first-order valence-electron chi connectivity index (χ1n) is 7.05. The first kappa shape index (κ1) is 14.1. The molecule has 1 nitrogen and oxygen atoms in total. The van der Waals surface area contributed by atoms with Crippen LogP contribution in [0.25, 0.3) is 0 Å². The summed E-state index contributed by atoms with van der Waals surface area (Å²) in [5.41, 5.74) is 1.51. The lowest BCUT2D eigenvalue weighted by Crippen LogP contribution is -2.32.